The largest absolute Gasteiger partial charge is 0.497 e. The van der Waals surface area contributed by atoms with E-state index in [-0.39, 0.29) is 22.8 Å². The predicted octanol–water partition coefficient (Wildman–Crippen LogP) is 4.41. The fourth-order valence-corrected chi connectivity index (χ4v) is 2.61. The highest BCUT2D eigenvalue weighted by molar-refractivity contribution is 6.09. The van der Waals surface area contributed by atoms with Gasteiger partial charge in [-0.05, 0) is 30.3 Å². The molecule has 3 aromatic rings. The Balaban J connectivity index is 1.84. The van der Waals surface area contributed by atoms with E-state index in [2.05, 4.69) is 5.32 Å². The van der Waals surface area contributed by atoms with Crippen molar-refractivity contribution in [2.24, 2.45) is 0 Å². The number of methoxy groups -OCH3 is 1. The standard InChI is InChI=1S/C21H15N3O5/c1-28-16-6-4-5-15(12-16)23-21(25)14(13-22)11-17-9-10-20(29-17)18-7-2-3-8-19(18)24(26)27/h2-12H,1H3,(H,23,25)/b14-11+. The number of hydrogen-bond donors (Lipinski definition) is 1. The lowest BCUT2D eigenvalue weighted by atomic mass is 10.1. The maximum absolute atomic E-state index is 12.4. The number of nitrogens with one attached hydrogen (secondary N) is 1. The first kappa shape index (κ1) is 19.4. The molecule has 0 atom stereocenters. The summed E-state index contributed by atoms with van der Waals surface area (Å²) in [4.78, 5) is 23.1. The van der Waals surface area contributed by atoms with Crippen LogP contribution in [0.3, 0.4) is 0 Å². The maximum Gasteiger partial charge on any atom is 0.280 e. The van der Waals surface area contributed by atoms with Crippen molar-refractivity contribution in [1.82, 2.24) is 0 Å². The molecule has 0 saturated carbocycles. The van der Waals surface area contributed by atoms with E-state index in [0.29, 0.717) is 17.0 Å². The van der Waals surface area contributed by atoms with Crippen LogP contribution in [0.2, 0.25) is 0 Å². The van der Waals surface area contributed by atoms with Crippen molar-refractivity contribution >= 4 is 23.4 Å². The molecule has 0 spiro atoms. The second kappa shape index (κ2) is 8.54. The second-order valence-electron chi connectivity index (χ2n) is 5.83. The molecule has 0 radical (unpaired) electrons. The lowest BCUT2D eigenvalue weighted by molar-refractivity contribution is -0.384. The highest BCUT2D eigenvalue weighted by atomic mass is 16.6. The summed E-state index contributed by atoms with van der Waals surface area (Å²) in [5, 5.41) is 23.1. The van der Waals surface area contributed by atoms with Gasteiger partial charge in [-0.3, -0.25) is 14.9 Å². The number of anilines is 1. The van der Waals surface area contributed by atoms with Crippen LogP contribution >= 0.6 is 0 Å². The van der Waals surface area contributed by atoms with Gasteiger partial charge in [0.25, 0.3) is 11.6 Å². The van der Waals surface area contributed by atoms with Crippen LogP contribution < -0.4 is 10.1 Å². The van der Waals surface area contributed by atoms with Crippen LogP contribution in [0.5, 0.6) is 5.75 Å². The minimum absolute atomic E-state index is 0.103. The van der Waals surface area contributed by atoms with Crippen molar-refractivity contribution in [3.63, 3.8) is 0 Å². The van der Waals surface area contributed by atoms with Crippen LogP contribution in [-0.4, -0.2) is 17.9 Å². The average molecular weight is 389 g/mol. The number of ether oxygens (including phenoxy) is 1. The molecule has 8 heteroatoms. The van der Waals surface area contributed by atoms with E-state index >= 15 is 0 Å². The van der Waals surface area contributed by atoms with Gasteiger partial charge >= 0.3 is 0 Å². The molecule has 0 bridgehead atoms. The number of furan rings is 1. The third-order valence-electron chi connectivity index (χ3n) is 3.97. The first-order valence-corrected chi connectivity index (χ1v) is 8.42. The lowest BCUT2D eigenvalue weighted by Crippen LogP contribution is -2.13. The smallest absolute Gasteiger partial charge is 0.280 e. The third-order valence-corrected chi connectivity index (χ3v) is 3.97. The first-order chi connectivity index (χ1) is 14.0. The maximum atomic E-state index is 12.4. The van der Waals surface area contributed by atoms with Gasteiger partial charge in [0.15, 0.2) is 0 Å². The van der Waals surface area contributed by atoms with E-state index in [1.807, 2.05) is 6.07 Å². The number of rotatable bonds is 6. The van der Waals surface area contributed by atoms with E-state index < -0.39 is 10.8 Å². The van der Waals surface area contributed by atoms with Gasteiger partial charge in [-0.15, -0.1) is 0 Å². The Kier molecular flexibility index (Phi) is 5.71. The molecular weight excluding hydrogens is 374 g/mol. The number of nitrogens with zero attached hydrogens (tertiary/aromatic N) is 2. The fourth-order valence-electron chi connectivity index (χ4n) is 2.61. The van der Waals surface area contributed by atoms with E-state index in [0.717, 1.165) is 0 Å². The molecule has 0 aliphatic heterocycles. The van der Waals surface area contributed by atoms with Crippen molar-refractivity contribution in [2.75, 3.05) is 12.4 Å². The van der Waals surface area contributed by atoms with Gasteiger partial charge in [0.1, 0.15) is 28.9 Å². The Hall–Kier alpha value is -4.38. The normalized spacial score (nSPS) is 10.8. The quantitative estimate of drug-likeness (QED) is 0.289. The lowest BCUT2D eigenvalue weighted by Gasteiger charge is -2.06. The summed E-state index contributed by atoms with van der Waals surface area (Å²) < 4.78 is 10.7. The Morgan fingerprint density at radius 1 is 1.21 bits per heavy atom. The SMILES string of the molecule is COc1cccc(NC(=O)/C(C#N)=C/c2ccc(-c3ccccc3[N+](=O)[O-])o2)c1. The second-order valence-corrected chi connectivity index (χ2v) is 5.83. The van der Waals surface area contributed by atoms with Crippen LogP contribution in [0.25, 0.3) is 17.4 Å². The molecule has 2 aromatic carbocycles. The summed E-state index contributed by atoms with van der Waals surface area (Å²) in [5.41, 5.74) is 0.483. The molecule has 0 unspecified atom stereocenters. The minimum atomic E-state index is -0.621. The van der Waals surface area contributed by atoms with Crippen LogP contribution in [-0.2, 0) is 4.79 Å². The summed E-state index contributed by atoms with van der Waals surface area (Å²) in [5.74, 6) is 0.416. The molecular formula is C21H15N3O5. The molecule has 1 N–H and O–H groups in total. The third kappa shape index (κ3) is 4.48. The number of amides is 1. The van der Waals surface area contributed by atoms with Crippen molar-refractivity contribution in [2.45, 2.75) is 0 Å². The molecule has 29 heavy (non-hydrogen) atoms. The predicted molar refractivity (Wildman–Crippen MR) is 106 cm³/mol. The molecule has 1 heterocycles. The van der Waals surface area contributed by atoms with Crippen molar-refractivity contribution in [1.29, 1.82) is 5.26 Å². The van der Waals surface area contributed by atoms with Gasteiger partial charge in [-0.25, -0.2) is 0 Å². The molecule has 8 nitrogen and oxygen atoms in total. The number of nitro groups is 1. The highest BCUT2D eigenvalue weighted by Crippen LogP contribution is 2.31. The molecule has 1 aromatic heterocycles. The van der Waals surface area contributed by atoms with Gasteiger partial charge in [0, 0.05) is 23.9 Å². The molecule has 0 aliphatic carbocycles. The first-order valence-electron chi connectivity index (χ1n) is 8.42. The van der Waals surface area contributed by atoms with Crippen molar-refractivity contribution in [3.05, 3.63) is 82.1 Å². The number of nitriles is 1. The summed E-state index contributed by atoms with van der Waals surface area (Å²) in [7, 11) is 1.51. The zero-order valence-electron chi connectivity index (χ0n) is 15.3. The van der Waals surface area contributed by atoms with E-state index in [4.69, 9.17) is 9.15 Å². The summed E-state index contributed by atoms with van der Waals surface area (Å²) in [6, 6.07) is 17.8. The summed E-state index contributed by atoms with van der Waals surface area (Å²) in [6.07, 6.45) is 1.27. The molecule has 0 aliphatic rings. The van der Waals surface area contributed by atoms with Gasteiger partial charge < -0.3 is 14.5 Å². The number of hydrogen-bond acceptors (Lipinski definition) is 6. The van der Waals surface area contributed by atoms with Crippen molar-refractivity contribution in [3.8, 4) is 23.1 Å². The number of nitro benzene ring substituents is 1. The summed E-state index contributed by atoms with van der Waals surface area (Å²) in [6.45, 7) is 0. The molecule has 0 saturated heterocycles. The van der Waals surface area contributed by atoms with E-state index in [9.17, 15) is 20.2 Å². The van der Waals surface area contributed by atoms with Crippen LogP contribution in [0.15, 0.2) is 70.7 Å². The van der Waals surface area contributed by atoms with Crippen LogP contribution in [0.4, 0.5) is 11.4 Å². The zero-order chi connectivity index (χ0) is 20.8. The Morgan fingerprint density at radius 3 is 2.72 bits per heavy atom. The average Bonchev–Trinajstić information content (AvgIpc) is 3.20. The van der Waals surface area contributed by atoms with Gasteiger partial charge in [0.2, 0.25) is 0 Å². The van der Waals surface area contributed by atoms with Crippen molar-refractivity contribution < 1.29 is 18.9 Å². The summed E-state index contributed by atoms with van der Waals surface area (Å²) >= 11 is 0. The zero-order valence-corrected chi connectivity index (χ0v) is 15.3. The van der Waals surface area contributed by atoms with Crippen LogP contribution in [0.1, 0.15) is 5.76 Å². The molecule has 3 rings (SSSR count). The number of para-hydroxylation sites is 1. The monoisotopic (exact) mass is 389 g/mol. The van der Waals surface area contributed by atoms with Gasteiger partial charge in [0.05, 0.1) is 17.6 Å². The number of benzene rings is 2. The Morgan fingerprint density at radius 2 is 2.00 bits per heavy atom. The number of carbonyl (C=O) groups is 1. The molecule has 0 fully saturated rings. The van der Waals surface area contributed by atoms with E-state index in [1.165, 1.54) is 25.3 Å². The van der Waals surface area contributed by atoms with Gasteiger partial charge in [-0.2, -0.15) is 5.26 Å². The van der Waals surface area contributed by atoms with Crippen LogP contribution in [0, 0.1) is 21.4 Å². The fraction of sp³-hybridized carbons (Fsp3) is 0.0476. The van der Waals surface area contributed by atoms with Gasteiger partial charge in [-0.1, -0.05) is 18.2 Å². The number of carbonyl (C=O) groups excluding carboxylic acids is 1. The Labute approximate surface area is 165 Å². The molecule has 1 amide bonds. The minimum Gasteiger partial charge on any atom is -0.497 e. The van der Waals surface area contributed by atoms with E-state index in [1.54, 1.807) is 48.5 Å². The highest BCUT2D eigenvalue weighted by Gasteiger charge is 2.17. The Bertz CT molecular complexity index is 1140. The topological polar surface area (TPSA) is 118 Å². The molecule has 144 valence electrons.